The van der Waals surface area contributed by atoms with E-state index in [0.717, 1.165) is 50.8 Å². The zero-order valence-electron chi connectivity index (χ0n) is 12.4. The van der Waals surface area contributed by atoms with Gasteiger partial charge in [-0.3, -0.25) is 9.69 Å². The molecule has 3 fully saturated rings. The van der Waals surface area contributed by atoms with Gasteiger partial charge in [-0.25, -0.2) is 0 Å². The Bertz CT molecular complexity index is 413. The molecular weight excluding hydrogens is 252 g/mol. The highest BCUT2D eigenvalue weighted by Gasteiger charge is 2.36. The molecule has 2 N–H and O–H groups in total. The highest BCUT2D eigenvalue weighted by Crippen LogP contribution is 2.30. The fraction of sp³-hybridized carbons (Fsp3) is 0.812. The van der Waals surface area contributed by atoms with Crippen LogP contribution in [0.4, 0.5) is 0 Å². The maximum absolute atomic E-state index is 12.3. The van der Waals surface area contributed by atoms with Crippen LogP contribution in [-0.4, -0.2) is 47.2 Å². The van der Waals surface area contributed by atoms with Gasteiger partial charge in [-0.15, -0.1) is 0 Å². The lowest BCUT2D eigenvalue weighted by Crippen LogP contribution is -2.48. The smallest absolute Gasteiger partial charge is 0.247 e. The van der Waals surface area contributed by atoms with Crippen LogP contribution in [0.3, 0.4) is 0 Å². The number of aliphatic hydroxyl groups excluding tert-OH is 1. The second-order valence-corrected chi connectivity index (χ2v) is 6.60. The average Bonchev–Trinajstić information content (AvgIpc) is 2.95. The molecule has 1 saturated heterocycles. The van der Waals surface area contributed by atoms with Gasteiger partial charge in [0, 0.05) is 30.7 Å². The third-order valence-electron chi connectivity index (χ3n) is 5.29. The molecule has 1 amide bonds. The first-order chi connectivity index (χ1) is 9.65. The zero-order chi connectivity index (χ0) is 14.1. The molecular formula is C16H26N2O2. The fourth-order valence-electron chi connectivity index (χ4n) is 3.78. The summed E-state index contributed by atoms with van der Waals surface area (Å²) in [6.07, 6.45) is 7.54. The van der Waals surface area contributed by atoms with Gasteiger partial charge in [0.15, 0.2) is 0 Å². The van der Waals surface area contributed by atoms with E-state index in [-0.39, 0.29) is 18.1 Å². The Morgan fingerprint density at radius 2 is 2.05 bits per heavy atom. The van der Waals surface area contributed by atoms with Gasteiger partial charge in [0.05, 0.1) is 6.10 Å². The first-order valence-electron chi connectivity index (χ1n) is 8.07. The van der Waals surface area contributed by atoms with Gasteiger partial charge in [0.1, 0.15) is 0 Å². The maximum Gasteiger partial charge on any atom is 0.247 e. The van der Waals surface area contributed by atoms with E-state index in [0.29, 0.717) is 6.04 Å². The quantitative estimate of drug-likeness (QED) is 0.771. The zero-order valence-corrected chi connectivity index (χ0v) is 12.4. The van der Waals surface area contributed by atoms with Crippen molar-refractivity contribution in [2.45, 2.75) is 70.1 Å². The number of amides is 1. The number of rotatable bonds is 3. The molecule has 0 radical (unpaired) electrons. The summed E-state index contributed by atoms with van der Waals surface area (Å²) in [7, 11) is 0. The third-order valence-corrected chi connectivity index (χ3v) is 5.29. The molecule has 20 heavy (non-hydrogen) atoms. The van der Waals surface area contributed by atoms with Crippen molar-refractivity contribution in [3.8, 4) is 0 Å². The van der Waals surface area contributed by atoms with Crippen molar-refractivity contribution >= 4 is 5.91 Å². The number of carbonyl (C=O) groups excluding carboxylic acids is 1. The number of hydrogen-bond acceptors (Lipinski definition) is 3. The van der Waals surface area contributed by atoms with Crippen LogP contribution in [0.15, 0.2) is 11.1 Å². The van der Waals surface area contributed by atoms with E-state index in [4.69, 9.17) is 0 Å². The van der Waals surface area contributed by atoms with Gasteiger partial charge in [-0.1, -0.05) is 5.57 Å². The van der Waals surface area contributed by atoms with Gasteiger partial charge >= 0.3 is 0 Å². The Labute approximate surface area is 121 Å². The molecule has 4 nitrogen and oxygen atoms in total. The van der Waals surface area contributed by atoms with E-state index < -0.39 is 0 Å². The summed E-state index contributed by atoms with van der Waals surface area (Å²) in [5, 5.41) is 12.9. The van der Waals surface area contributed by atoms with Crippen LogP contribution in [0.5, 0.6) is 0 Å². The van der Waals surface area contributed by atoms with Gasteiger partial charge in [0.25, 0.3) is 0 Å². The van der Waals surface area contributed by atoms with Crippen LogP contribution in [-0.2, 0) is 4.79 Å². The molecule has 0 bridgehead atoms. The number of nitrogens with zero attached hydrogens (tertiary/aromatic N) is 1. The standard InChI is InChI=1S/C16H26N2O2/c1-11(12-4-2-5-12)16(20)17-14-6-3-7-15(14)18-9-8-13(19)10-18/h13-15,19H,2-10H2,1H3,(H,17,20)/t13?,14-,15+/m1/s1. The second-order valence-electron chi connectivity index (χ2n) is 6.60. The van der Waals surface area contributed by atoms with Gasteiger partial charge in [0.2, 0.25) is 5.91 Å². The van der Waals surface area contributed by atoms with Crippen LogP contribution in [0, 0.1) is 0 Å². The number of β-amino-alcohol motifs (C(OH)–C–C–N with tert-alkyl or cyclic N) is 1. The molecule has 2 aliphatic carbocycles. The van der Waals surface area contributed by atoms with E-state index in [1.807, 2.05) is 6.92 Å². The summed E-state index contributed by atoms with van der Waals surface area (Å²) >= 11 is 0. The van der Waals surface area contributed by atoms with E-state index >= 15 is 0 Å². The van der Waals surface area contributed by atoms with Crippen LogP contribution < -0.4 is 5.32 Å². The minimum Gasteiger partial charge on any atom is -0.392 e. The highest BCUT2D eigenvalue weighted by molar-refractivity contribution is 5.94. The normalized spacial score (nSPS) is 34.1. The molecule has 112 valence electrons. The Morgan fingerprint density at radius 3 is 2.65 bits per heavy atom. The van der Waals surface area contributed by atoms with Gasteiger partial charge in [-0.05, 0) is 51.9 Å². The fourth-order valence-corrected chi connectivity index (χ4v) is 3.78. The first-order valence-corrected chi connectivity index (χ1v) is 8.07. The molecule has 3 aliphatic rings. The predicted octanol–water partition coefficient (Wildman–Crippen LogP) is 1.59. The van der Waals surface area contributed by atoms with E-state index in [2.05, 4.69) is 10.2 Å². The number of nitrogens with one attached hydrogen (secondary N) is 1. The molecule has 0 aromatic carbocycles. The summed E-state index contributed by atoms with van der Waals surface area (Å²) in [6, 6.07) is 0.693. The Kier molecular flexibility index (Phi) is 4.13. The van der Waals surface area contributed by atoms with Crippen LogP contribution in [0.25, 0.3) is 0 Å². The van der Waals surface area contributed by atoms with E-state index in [1.54, 1.807) is 0 Å². The summed E-state index contributed by atoms with van der Waals surface area (Å²) in [5.41, 5.74) is 2.29. The highest BCUT2D eigenvalue weighted by atomic mass is 16.3. The SMILES string of the molecule is CC(C(=O)N[C@@H]1CCC[C@@H]1N1CCC(O)C1)=C1CCC1. The van der Waals surface area contributed by atoms with E-state index in [1.165, 1.54) is 18.4 Å². The van der Waals surface area contributed by atoms with Crippen molar-refractivity contribution in [2.75, 3.05) is 13.1 Å². The van der Waals surface area contributed by atoms with Crippen molar-refractivity contribution in [2.24, 2.45) is 0 Å². The largest absolute Gasteiger partial charge is 0.392 e. The number of aliphatic hydroxyl groups is 1. The number of likely N-dealkylation sites (tertiary alicyclic amines) is 1. The summed E-state index contributed by atoms with van der Waals surface area (Å²) in [5.74, 6) is 0.136. The topological polar surface area (TPSA) is 52.6 Å². The minimum atomic E-state index is -0.175. The third kappa shape index (κ3) is 2.77. The number of allylic oxidation sites excluding steroid dienone is 1. The molecule has 0 aromatic heterocycles. The number of hydrogen-bond donors (Lipinski definition) is 2. The first kappa shape index (κ1) is 14.1. The molecule has 3 rings (SSSR count). The van der Waals surface area contributed by atoms with Crippen LogP contribution in [0.1, 0.15) is 51.9 Å². The Hall–Kier alpha value is -0.870. The molecule has 2 saturated carbocycles. The van der Waals surface area contributed by atoms with Crippen molar-refractivity contribution < 1.29 is 9.90 Å². The minimum absolute atomic E-state index is 0.136. The van der Waals surface area contributed by atoms with Gasteiger partial charge in [-0.2, -0.15) is 0 Å². The van der Waals surface area contributed by atoms with Crippen molar-refractivity contribution in [1.82, 2.24) is 10.2 Å². The molecule has 1 unspecified atom stereocenters. The monoisotopic (exact) mass is 278 g/mol. The van der Waals surface area contributed by atoms with Crippen molar-refractivity contribution in [3.63, 3.8) is 0 Å². The summed E-state index contributed by atoms with van der Waals surface area (Å²) < 4.78 is 0. The molecule has 1 aliphatic heterocycles. The maximum atomic E-state index is 12.3. The van der Waals surface area contributed by atoms with Crippen molar-refractivity contribution in [3.05, 3.63) is 11.1 Å². The Balaban J connectivity index is 1.60. The molecule has 4 heteroatoms. The molecule has 0 aromatic rings. The molecule has 0 spiro atoms. The van der Waals surface area contributed by atoms with Crippen LogP contribution in [0.2, 0.25) is 0 Å². The number of carbonyl (C=O) groups is 1. The molecule has 1 heterocycles. The van der Waals surface area contributed by atoms with Crippen LogP contribution >= 0.6 is 0 Å². The second kappa shape index (κ2) is 5.86. The van der Waals surface area contributed by atoms with Gasteiger partial charge < -0.3 is 10.4 Å². The predicted molar refractivity (Wildman–Crippen MR) is 78.3 cm³/mol. The van der Waals surface area contributed by atoms with E-state index in [9.17, 15) is 9.90 Å². The lowest BCUT2D eigenvalue weighted by Gasteiger charge is -2.30. The lowest BCUT2D eigenvalue weighted by atomic mass is 9.88. The average molecular weight is 278 g/mol. The Morgan fingerprint density at radius 1 is 1.25 bits per heavy atom. The lowest BCUT2D eigenvalue weighted by molar-refractivity contribution is -0.118. The van der Waals surface area contributed by atoms with Crippen molar-refractivity contribution in [1.29, 1.82) is 0 Å². The molecule has 3 atom stereocenters. The summed E-state index contributed by atoms with van der Waals surface area (Å²) in [4.78, 5) is 14.7. The summed E-state index contributed by atoms with van der Waals surface area (Å²) in [6.45, 7) is 3.71.